The molecule has 0 unspecified atom stereocenters. The van der Waals surface area contributed by atoms with Crippen molar-refractivity contribution >= 4 is 21.9 Å². The molecule has 2 aromatic rings. The molecule has 5 heteroatoms. The van der Waals surface area contributed by atoms with Gasteiger partial charge >= 0.3 is 5.97 Å². The summed E-state index contributed by atoms with van der Waals surface area (Å²) >= 11 is 3.04. The van der Waals surface area contributed by atoms with Gasteiger partial charge < -0.3 is 9.84 Å². The summed E-state index contributed by atoms with van der Waals surface area (Å²) < 4.78 is 19.0. The van der Waals surface area contributed by atoms with Gasteiger partial charge in [0.2, 0.25) is 0 Å². The molecule has 1 N–H and O–H groups in total. The number of carboxylic acids is 1. The van der Waals surface area contributed by atoms with Crippen LogP contribution in [-0.4, -0.2) is 11.1 Å². The average molecular weight is 311 g/mol. The van der Waals surface area contributed by atoms with Crippen molar-refractivity contribution in [1.29, 1.82) is 0 Å². The summed E-state index contributed by atoms with van der Waals surface area (Å²) in [6.07, 6.45) is 0. The molecule has 0 aromatic heterocycles. The number of benzene rings is 2. The molecule has 0 atom stereocenters. The van der Waals surface area contributed by atoms with E-state index in [-0.39, 0.29) is 5.56 Å². The molecule has 0 aliphatic rings. The fraction of sp³-hybridized carbons (Fsp3) is 0. The molecule has 0 fully saturated rings. The zero-order valence-electron chi connectivity index (χ0n) is 9.06. The highest BCUT2D eigenvalue weighted by Gasteiger charge is 2.06. The first kappa shape index (κ1) is 12.6. The molecular weight excluding hydrogens is 303 g/mol. The molecule has 0 aliphatic heterocycles. The van der Waals surface area contributed by atoms with Gasteiger partial charge in [0.15, 0.2) is 0 Å². The van der Waals surface area contributed by atoms with E-state index < -0.39 is 11.8 Å². The molecule has 0 bridgehead atoms. The Morgan fingerprint density at radius 1 is 1.17 bits per heavy atom. The van der Waals surface area contributed by atoms with Gasteiger partial charge in [0, 0.05) is 6.07 Å². The highest BCUT2D eigenvalue weighted by Crippen LogP contribution is 2.26. The van der Waals surface area contributed by atoms with E-state index in [0.29, 0.717) is 16.0 Å². The Bertz CT molecular complexity index is 599. The second-order valence-electron chi connectivity index (χ2n) is 3.51. The van der Waals surface area contributed by atoms with Gasteiger partial charge in [0.25, 0.3) is 0 Å². The second-order valence-corrected chi connectivity index (χ2v) is 4.37. The number of hydrogen-bond donors (Lipinski definition) is 1. The number of hydrogen-bond acceptors (Lipinski definition) is 2. The lowest BCUT2D eigenvalue weighted by Gasteiger charge is -2.06. The first-order chi connectivity index (χ1) is 8.56. The van der Waals surface area contributed by atoms with Gasteiger partial charge in [-0.2, -0.15) is 0 Å². The van der Waals surface area contributed by atoms with E-state index in [4.69, 9.17) is 9.84 Å². The molecule has 0 amide bonds. The minimum absolute atomic E-state index is 0.116. The maximum absolute atomic E-state index is 13.3. The van der Waals surface area contributed by atoms with Crippen molar-refractivity contribution in [3.05, 3.63) is 58.3 Å². The molecule has 0 spiro atoms. The van der Waals surface area contributed by atoms with Crippen LogP contribution in [0.5, 0.6) is 11.5 Å². The van der Waals surface area contributed by atoms with Crippen LogP contribution in [0.1, 0.15) is 10.4 Å². The zero-order chi connectivity index (χ0) is 13.1. The maximum atomic E-state index is 13.3. The lowest BCUT2D eigenvalue weighted by atomic mass is 10.2. The van der Waals surface area contributed by atoms with Crippen LogP contribution in [0.25, 0.3) is 0 Å². The van der Waals surface area contributed by atoms with Crippen LogP contribution in [0.15, 0.2) is 46.9 Å². The molecule has 2 aromatic carbocycles. The normalized spacial score (nSPS) is 10.1. The first-order valence-corrected chi connectivity index (χ1v) is 5.82. The molecule has 18 heavy (non-hydrogen) atoms. The van der Waals surface area contributed by atoms with E-state index in [1.807, 2.05) is 0 Å². The van der Waals surface area contributed by atoms with Crippen molar-refractivity contribution in [3.8, 4) is 11.5 Å². The number of halogens is 2. The van der Waals surface area contributed by atoms with Crippen LogP contribution in [0, 0.1) is 5.82 Å². The zero-order valence-corrected chi connectivity index (χ0v) is 10.6. The van der Waals surface area contributed by atoms with Gasteiger partial charge in [-0.1, -0.05) is 6.07 Å². The molecular formula is C13H8BrFO3. The molecule has 2 rings (SSSR count). The van der Waals surface area contributed by atoms with E-state index in [1.165, 1.54) is 24.3 Å². The minimum Gasteiger partial charge on any atom is -0.478 e. The standard InChI is InChI=1S/C13H8BrFO3/c14-11-5-4-10(7-12(11)15)18-9-3-1-2-8(6-9)13(16)17/h1-7H,(H,16,17). The van der Waals surface area contributed by atoms with E-state index in [1.54, 1.807) is 18.2 Å². The summed E-state index contributed by atoms with van der Waals surface area (Å²) in [6.45, 7) is 0. The van der Waals surface area contributed by atoms with Crippen LogP contribution < -0.4 is 4.74 Å². The van der Waals surface area contributed by atoms with Crippen molar-refractivity contribution in [3.63, 3.8) is 0 Å². The van der Waals surface area contributed by atoms with Gasteiger partial charge in [-0.25, -0.2) is 9.18 Å². The van der Waals surface area contributed by atoms with Crippen LogP contribution in [0.2, 0.25) is 0 Å². The number of rotatable bonds is 3. The number of carboxylic acid groups (broad SMARTS) is 1. The summed E-state index contributed by atoms with van der Waals surface area (Å²) in [5.74, 6) is -0.834. The molecule has 92 valence electrons. The van der Waals surface area contributed by atoms with Gasteiger partial charge in [0.1, 0.15) is 17.3 Å². The molecule has 0 heterocycles. The van der Waals surface area contributed by atoms with Crippen molar-refractivity contribution in [1.82, 2.24) is 0 Å². The molecule has 0 saturated carbocycles. The Kier molecular flexibility index (Phi) is 3.62. The predicted molar refractivity (Wildman–Crippen MR) is 67.6 cm³/mol. The summed E-state index contributed by atoms with van der Waals surface area (Å²) in [5.41, 5.74) is 0.116. The van der Waals surface area contributed by atoms with E-state index in [9.17, 15) is 9.18 Å². The first-order valence-electron chi connectivity index (χ1n) is 5.02. The van der Waals surface area contributed by atoms with Crippen molar-refractivity contribution in [2.75, 3.05) is 0 Å². The Morgan fingerprint density at radius 3 is 2.56 bits per heavy atom. The van der Waals surface area contributed by atoms with Crippen LogP contribution in [0.4, 0.5) is 4.39 Å². The molecule has 0 aliphatic carbocycles. The topological polar surface area (TPSA) is 46.5 Å². The largest absolute Gasteiger partial charge is 0.478 e. The number of ether oxygens (including phenoxy) is 1. The van der Waals surface area contributed by atoms with Crippen molar-refractivity contribution in [2.24, 2.45) is 0 Å². The van der Waals surface area contributed by atoms with Gasteiger partial charge in [-0.15, -0.1) is 0 Å². The van der Waals surface area contributed by atoms with E-state index >= 15 is 0 Å². The fourth-order valence-corrected chi connectivity index (χ4v) is 1.62. The summed E-state index contributed by atoms with van der Waals surface area (Å²) in [4.78, 5) is 10.8. The predicted octanol–water partition coefficient (Wildman–Crippen LogP) is 4.08. The smallest absolute Gasteiger partial charge is 0.335 e. The van der Waals surface area contributed by atoms with Crippen LogP contribution >= 0.6 is 15.9 Å². The van der Waals surface area contributed by atoms with Crippen molar-refractivity contribution in [2.45, 2.75) is 0 Å². The van der Waals surface area contributed by atoms with Gasteiger partial charge in [0.05, 0.1) is 10.0 Å². The summed E-state index contributed by atoms with van der Waals surface area (Å²) in [5, 5.41) is 8.83. The van der Waals surface area contributed by atoms with E-state index in [2.05, 4.69) is 15.9 Å². The molecule has 0 radical (unpaired) electrons. The van der Waals surface area contributed by atoms with Gasteiger partial charge in [-0.05, 0) is 46.3 Å². The van der Waals surface area contributed by atoms with Crippen molar-refractivity contribution < 1.29 is 19.0 Å². The van der Waals surface area contributed by atoms with Gasteiger partial charge in [-0.3, -0.25) is 0 Å². The third kappa shape index (κ3) is 2.87. The maximum Gasteiger partial charge on any atom is 0.335 e. The lowest BCUT2D eigenvalue weighted by Crippen LogP contribution is -1.96. The molecule has 3 nitrogen and oxygen atoms in total. The summed E-state index contributed by atoms with van der Waals surface area (Å²) in [6, 6.07) is 10.3. The Morgan fingerprint density at radius 2 is 1.89 bits per heavy atom. The number of aromatic carboxylic acids is 1. The fourth-order valence-electron chi connectivity index (χ4n) is 1.37. The third-order valence-corrected chi connectivity index (χ3v) is 2.85. The SMILES string of the molecule is O=C(O)c1cccc(Oc2ccc(Br)c(F)c2)c1. The Labute approximate surface area is 111 Å². The average Bonchev–Trinajstić information content (AvgIpc) is 2.34. The highest BCUT2D eigenvalue weighted by atomic mass is 79.9. The van der Waals surface area contributed by atoms with Crippen LogP contribution in [-0.2, 0) is 0 Å². The Hall–Kier alpha value is -1.88. The number of carbonyl (C=O) groups is 1. The quantitative estimate of drug-likeness (QED) is 0.929. The highest BCUT2D eigenvalue weighted by molar-refractivity contribution is 9.10. The van der Waals surface area contributed by atoms with Crippen LogP contribution in [0.3, 0.4) is 0 Å². The van der Waals surface area contributed by atoms with E-state index in [0.717, 1.165) is 0 Å². The summed E-state index contributed by atoms with van der Waals surface area (Å²) in [7, 11) is 0. The monoisotopic (exact) mass is 310 g/mol. The molecule has 0 saturated heterocycles. The second kappa shape index (κ2) is 5.18. The minimum atomic E-state index is -1.04. The lowest BCUT2D eigenvalue weighted by molar-refractivity contribution is 0.0696. The Balaban J connectivity index is 2.25. The third-order valence-electron chi connectivity index (χ3n) is 2.21.